The van der Waals surface area contributed by atoms with Crippen molar-refractivity contribution < 1.29 is 9.90 Å². The summed E-state index contributed by atoms with van der Waals surface area (Å²) in [5.41, 5.74) is 1.40. The third kappa shape index (κ3) is 4.37. The SMILES string of the molecule is O=C(NCCCO)c1cn(C2CCN(Cc3nc4ccccc4s3)CC2)nn1. The highest BCUT2D eigenvalue weighted by atomic mass is 32.1. The van der Waals surface area contributed by atoms with Crippen LogP contribution in [0.3, 0.4) is 0 Å². The van der Waals surface area contributed by atoms with Crippen LogP contribution in [0.15, 0.2) is 30.5 Å². The highest BCUT2D eigenvalue weighted by Crippen LogP contribution is 2.26. The van der Waals surface area contributed by atoms with Gasteiger partial charge in [-0.1, -0.05) is 17.3 Å². The number of nitrogens with one attached hydrogen (secondary N) is 1. The number of nitrogens with zero attached hydrogens (tertiary/aromatic N) is 5. The Labute approximate surface area is 167 Å². The Hall–Kier alpha value is -2.36. The molecule has 0 spiro atoms. The third-order valence-electron chi connectivity index (χ3n) is 4.99. The topological polar surface area (TPSA) is 96.2 Å². The van der Waals surface area contributed by atoms with Crippen molar-refractivity contribution in [1.82, 2.24) is 30.2 Å². The largest absolute Gasteiger partial charge is 0.396 e. The monoisotopic (exact) mass is 400 g/mol. The number of benzene rings is 1. The molecule has 1 aliphatic heterocycles. The van der Waals surface area contributed by atoms with Crippen molar-refractivity contribution >= 4 is 27.5 Å². The first kappa shape index (κ1) is 19.0. The van der Waals surface area contributed by atoms with Crippen LogP contribution in [0.1, 0.15) is 40.8 Å². The van der Waals surface area contributed by atoms with Gasteiger partial charge in [-0.25, -0.2) is 9.67 Å². The molecule has 3 heterocycles. The minimum absolute atomic E-state index is 0.0581. The molecule has 1 aromatic carbocycles. The number of piperidine rings is 1. The molecule has 1 amide bonds. The molecule has 148 valence electrons. The number of amides is 1. The molecule has 0 radical (unpaired) electrons. The Kier molecular flexibility index (Phi) is 5.94. The van der Waals surface area contributed by atoms with Gasteiger partial charge in [-0.3, -0.25) is 9.69 Å². The fourth-order valence-corrected chi connectivity index (χ4v) is 4.46. The summed E-state index contributed by atoms with van der Waals surface area (Å²) in [7, 11) is 0. The number of aromatic nitrogens is 4. The van der Waals surface area contributed by atoms with Gasteiger partial charge in [0.2, 0.25) is 0 Å². The van der Waals surface area contributed by atoms with Gasteiger partial charge in [-0.2, -0.15) is 0 Å². The summed E-state index contributed by atoms with van der Waals surface area (Å²) in [4.78, 5) is 19.2. The second-order valence-electron chi connectivity index (χ2n) is 7.00. The van der Waals surface area contributed by atoms with Crippen molar-refractivity contribution in [2.45, 2.75) is 31.8 Å². The molecular formula is C19H24N6O2S. The second-order valence-corrected chi connectivity index (χ2v) is 8.11. The molecule has 1 fully saturated rings. The van der Waals surface area contributed by atoms with E-state index in [0.29, 0.717) is 18.7 Å². The van der Waals surface area contributed by atoms with Gasteiger partial charge in [-0.05, 0) is 31.4 Å². The highest BCUT2D eigenvalue weighted by Gasteiger charge is 2.23. The molecule has 2 aromatic heterocycles. The molecule has 3 aromatic rings. The van der Waals surface area contributed by atoms with Crippen molar-refractivity contribution in [2.24, 2.45) is 0 Å². The van der Waals surface area contributed by atoms with E-state index in [1.54, 1.807) is 17.5 Å². The fourth-order valence-electron chi connectivity index (χ4n) is 3.45. The molecule has 0 bridgehead atoms. The predicted octanol–water partition coefficient (Wildman–Crippen LogP) is 1.84. The minimum Gasteiger partial charge on any atom is -0.396 e. The summed E-state index contributed by atoms with van der Waals surface area (Å²) in [6.45, 7) is 3.31. The van der Waals surface area contributed by atoms with Crippen molar-refractivity contribution in [2.75, 3.05) is 26.2 Å². The van der Waals surface area contributed by atoms with Gasteiger partial charge in [0.1, 0.15) is 5.01 Å². The van der Waals surface area contributed by atoms with Gasteiger partial charge in [-0.15, -0.1) is 16.4 Å². The van der Waals surface area contributed by atoms with Crippen LogP contribution in [0.25, 0.3) is 10.2 Å². The number of fused-ring (bicyclic) bond motifs is 1. The van der Waals surface area contributed by atoms with Crippen molar-refractivity contribution in [1.29, 1.82) is 0 Å². The maximum Gasteiger partial charge on any atom is 0.273 e. The lowest BCUT2D eigenvalue weighted by molar-refractivity contribution is 0.0946. The Balaban J connectivity index is 1.30. The minimum atomic E-state index is -0.243. The Morgan fingerprint density at radius 1 is 1.29 bits per heavy atom. The van der Waals surface area contributed by atoms with Crippen molar-refractivity contribution in [3.8, 4) is 0 Å². The van der Waals surface area contributed by atoms with Crippen LogP contribution in [0.5, 0.6) is 0 Å². The maximum atomic E-state index is 12.0. The van der Waals surface area contributed by atoms with Crippen LogP contribution in [-0.2, 0) is 6.54 Å². The number of aliphatic hydroxyl groups is 1. The number of carbonyl (C=O) groups excluding carboxylic acids is 1. The van der Waals surface area contributed by atoms with Gasteiger partial charge >= 0.3 is 0 Å². The Bertz CT molecular complexity index is 898. The smallest absolute Gasteiger partial charge is 0.273 e. The van der Waals surface area contributed by atoms with Gasteiger partial charge in [0, 0.05) is 26.2 Å². The summed E-state index contributed by atoms with van der Waals surface area (Å²) in [6, 6.07) is 8.51. The van der Waals surface area contributed by atoms with Gasteiger partial charge in [0.15, 0.2) is 5.69 Å². The summed E-state index contributed by atoms with van der Waals surface area (Å²) in [5.74, 6) is -0.243. The average Bonchev–Trinajstić information content (AvgIpc) is 3.35. The molecule has 28 heavy (non-hydrogen) atoms. The van der Waals surface area contributed by atoms with E-state index in [0.717, 1.165) is 43.0 Å². The van der Waals surface area contributed by atoms with Crippen LogP contribution in [0, 0.1) is 0 Å². The first-order valence-electron chi connectivity index (χ1n) is 9.60. The number of hydrogen-bond acceptors (Lipinski definition) is 7. The fraction of sp³-hybridized carbons (Fsp3) is 0.474. The summed E-state index contributed by atoms with van der Waals surface area (Å²) < 4.78 is 3.05. The zero-order chi connectivity index (χ0) is 19.3. The van der Waals surface area contributed by atoms with Gasteiger partial charge in [0.25, 0.3) is 5.91 Å². The molecule has 0 saturated carbocycles. The van der Waals surface area contributed by atoms with Gasteiger partial charge in [0.05, 0.1) is 29.0 Å². The lowest BCUT2D eigenvalue weighted by Gasteiger charge is -2.31. The molecule has 9 heteroatoms. The number of para-hydroxylation sites is 1. The van der Waals surface area contributed by atoms with Crippen LogP contribution < -0.4 is 5.32 Å². The average molecular weight is 401 g/mol. The lowest BCUT2D eigenvalue weighted by Crippen LogP contribution is -2.34. The molecule has 4 rings (SSSR count). The van der Waals surface area contributed by atoms with Crippen LogP contribution >= 0.6 is 11.3 Å². The highest BCUT2D eigenvalue weighted by molar-refractivity contribution is 7.18. The summed E-state index contributed by atoms with van der Waals surface area (Å²) in [5, 5.41) is 20.8. The van der Waals surface area contributed by atoms with Crippen molar-refractivity contribution in [3.05, 3.63) is 41.2 Å². The standard InChI is InChI=1S/C19H24N6O2S/c26-11-3-8-20-19(27)16-12-25(23-22-16)14-6-9-24(10-7-14)13-18-21-15-4-1-2-5-17(15)28-18/h1-2,4-5,12,14,26H,3,6-11,13H2,(H,20,27). The van der Waals surface area contributed by atoms with Crippen LogP contribution in [-0.4, -0.2) is 62.1 Å². The number of hydrogen-bond donors (Lipinski definition) is 2. The number of thiazole rings is 1. The Morgan fingerprint density at radius 3 is 2.89 bits per heavy atom. The summed E-state index contributed by atoms with van der Waals surface area (Å²) >= 11 is 1.76. The van der Waals surface area contributed by atoms with Crippen LogP contribution in [0.4, 0.5) is 0 Å². The molecule has 2 N–H and O–H groups in total. The molecule has 0 atom stereocenters. The van der Waals surface area contributed by atoms with Crippen molar-refractivity contribution in [3.63, 3.8) is 0 Å². The molecule has 1 saturated heterocycles. The van der Waals surface area contributed by atoms with E-state index < -0.39 is 0 Å². The van der Waals surface area contributed by atoms with E-state index in [4.69, 9.17) is 10.1 Å². The molecule has 0 unspecified atom stereocenters. The normalized spacial score (nSPS) is 15.9. The van der Waals surface area contributed by atoms with E-state index in [-0.39, 0.29) is 18.6 Å². The zero-order valence-electron chi connectivity index (χ0n) is 15.6. The van der Waals surface area contributed by atoms with E-state index in [1.165, 1.54) is 4.70 Å². The molecule has 0 aliphatic carbocycles. The number of likely N-dealkylation sites (tertiary alicyclic amines) is 1. The number of aliphatic hydroxyl groups excluding tert-OH is 1. The second kappa shape index (κ2) is 8.76. The first-order valence-corrected chi connectivity index (χ1v) is 10.4. The zero-order valence-corrected chi connectivity index (χ0v) is 16.4. The number of rotatable bonds is 7. The predicted molar refractivity (Wildman–Crippen MR) is 107 cm³/mol. The Morgan fingerprint density at radius 2 is 2.11 bits per heavy atom. The molecule has 8 nitrogen and oxygen atoms in total. The maximum absolute atomic E-state index is 12.0. The van der Waals surface area contributed by atoms with Crippen LogP contribution in [0.2, 0.25) is 0 Å². The quantitative estimate of drug-likeness (QED) is 0.588. The summed E-state index contributed by atoms with van der Waals surface area (Å²) in [6.07, 6.45) is 4.20. The van der Waals surface area contributed by atoms with Gasteiger partial charge < -0.3 is 10.4 Å². The lowest BCUT2D eigenvalue weighted by atomic mass is 10.1. The van der Waals surface area contributed by atoms with E-state index in [1.807, 2.05) is 10.7 Å². The molecule has 1 aliphatic rings. The third-order valence-corrected chi connectivity index (χ3v) is 6.01. The van der Waals surface area contributed by atoms with E-state index in [2.05, 4.69) is 38.7 Å². The molecular weight excluding hydrogens is 376 g/mol. The number of carbonyl (C=O) groups is 1. The van der Waals surface area contributed by atoms with E-state index >= 15 is 0 Å². The first-order chi connectivity index (χ1) is 13.7. The van der Waals surface area contributed by atoms with E-state index in [9.17, 15) is 4.79 Å².